The van der Waals surface area contributed by atoms with Gasteiger partial charge in [0.25, 0.3) is 0 Å². The van der Waals surface area contributed by atoms with Crippen LogP contribution in [0.25, 0.3) is 0 Å². The highest BCUT2D eigenvalue weighted by molar-refractivity contribution is 8.00. The fourth-order valence-corrected chi connectivity index (χ4v) is 2.84. The van der Waals surface area contributed by atoms with Crippen LogP contribution in [-0.2, 0) is 11.3 Å². The van der Waals surface area contributed by atoms with Crippen molar-refractivity contribution in [3.05, 3.63) is 48.0 Å². The largest absolute Gasteiger partial charge is 0.508 e. The summed E-state index contributed by atoms with van der Waals surface area (Å²) in [5.74, 6) is 0.777. The van der Waals surface area contributed by atoms with E-state index in [4.69, 9.17) is 0 Å². The quantitative estimate of drug-likeness (QED) is 0.811. The van der Waals surface area contributed by atoms with E-state index in [0.29, 0.717) is 12.3 Å². The normalized spacial score (nSPS) is 13.5. The lowest BCUT2D eigenvalue weighted by molar-refractivity contribution is -0.113. The Labute approximate surface area is 121 Å². The Morgan fingerprint density at radius 1 is 1.25 bits per heavy atom. The zero-order valence-corrected chi connectivity index (χ0v) is 11.5. The minimum atomic E-state index is 0.0281. The third-order valence-electron chi connectivity index (χ3n) is 3.09. The van der Waals surface area contributed by atoms with Crippen molar-refractivity contribution in [2.45, 2.75) is 11.4 Å². The Morgan fingerprint density at radius 3 is 2.95 bits per heavy atom. The molecule has 0 unspecified atom stereocenters. The fraction of sp³-hybridized carbons (Fsp3) is 0.133. The van der Waals surface area contributed by atoms with E-state index in [1.54, 1.807) is 23.9 Å². The molecule has 0 aromatic heterocycles. The van der Waals surface area contributed by atoms with Crippen LogP contribution >= 0.6 is 11.8 Å². The number of rotatable bonds is 3. The van der Waals surface area contributed by atoms with Gasteiger partial charge in [-0.25, -0.2) is 0 Å². The van der Waals surface area contributed by atoms with E-state index in [1.165, 1.54) is 0 Å². The van der Waals surface area contributed by atoms with Gasteiger partial charge in [-0.2, -0.15) is 0 Å². The van der Waals surface area contributed by atoms with Crippen LogP contribution in [-0.4, -0.2) is 16.8 Å². The Bertz CT molecular complexity index is 658. The van der Waals surface area contributed by atoms with Crippen molar-refractivity contribution in [3.63, 3.8) is 0 Å². The van der Waals surface area contributed by atoms with E-state index in [1.807, 2.05) is 30.3 Å². The molecule has 3 rings (SSSR count). The SMILES string of the molecule is O=C1CSc2ccc(NCc3ccccc3O)cc2N1. The second-order valence-corrected chi connectivity index (χ2v) is 5.55. The van der Waals surface area contributed by atoms with E-state index in [2.05, 4.69) is 10.6 Å². The predicted molar refractivity (Wildman–Crippen MR) is 81.2 cm³/mol. The van der Waals surface area contributed by atoms with Crippen molar-refractivity contribution in [2.75, 3.05) is 16.4 Å². The maximum Gasteiger partial charge on any atom is 0.234 e. The maximum atomic E-state index is 11.4. The summed E-state index contributed by atoms with van der Waals surface area (Å²) >= 11 is 1.54. The Hall–Kier alpha value is -2.14. The van der Waals surface area contributed by atoms with Crippen LogP contribution in [0, 0.1) is 0 Å². The Balaban J connectivity index is 1.74. The van der Waals surface area contributed by atoms with Crippen molar-refractivity contribution in [1.82, 2.24) is 0 Å². The molecule has 0 radical (unpaired) electrons. The number of fused-ring (bicyclic) bond motifs is 1. The molecular formula is C15H14N2O2S. The van der Waals surface area contributed by atoms with Crippen LogP contribution in [0.5, 0.6) is 5.75 Å². The molecule has 102 valence electrons. The molecule has 5 heteroatoms. The Morgan fingerprint density at radius 2 is 2.10 bits per heavy atom. The van der Waals surface area contributed by atoms with Gasteiger partial charge >= 0.3 is 0 Å². The molecule has 1 aliphatic heterocycles. The van der Waals surface area contributed by atoms with Gasteiger partial charge in [-0.05, 0) is 24.3 Å². The molecule has 0 aliphatic carbocycles. The van der Waals surface area contributed by atoms with Crippen molar-refractivity contribution in [3.8, 4) is 5.75 Å². The highest BCUT2D eigenvalue weighted by atomic mass is 32.2. The lowest BCUT2D eigenvalue weighted by Crippen LogP contribution is -2.18. The van der Waals surface area contributed by atoms with Crippen molar-refractivity contribution in [2.24, 2.45) is 0 Å². The van der Waals surface area contributed by atoms with Gasteiger partial charge in [0, 0.05) is 22.7 Å². The van der Waals surface area contributed by atoms with Crippen LogP contribution in [0.3, 0.4) is 0 Å². The monoisotopic (exact) mass is 286 g/mol. The first-order valence-electron chi connectivity index (χ1n) is 6.30. The molecule has 2 aromatic rings. The van der Waals surface area contributed by atoms with E-state index < -0.39 is 0 Å². The molecule has 20 heavy (non-hydrogen) atoms. The third-order valence-corrected chi connectivity index (χ3v) is 4.16. The van der Waals surface area contributed by atoms with Crippen LogP contribution in [0.15, 0.2) is 47.4 Å². The third kappa shape index (κ3) is 2.72. The number of carbonyl (C=O) groups is 1. The van der Waals surface area contributed by atoms with Gasteiger partial charge in [-0.3, -0.25) is 4.79 Å². The first-order chi connectivity index (χ1) is 9.72. The van der Waals surface area contributed by atoms with Gasteiger partial charge in [0.2, 0.25) is 5.91 Å². The lowest BCUT2D eigenvalue weighted by atomic mass is 10.2. The smallest absolute Gasteiger partial charge is 0.234 e. The van der Waals surface area contributed by atoms with Crippen LogP contribution in [0.1, 0.15) is 5.56 Å². The summed E-state index contributed by atoms with van der Waals surface area (Å²) in [6.45, 7) is 0.534. The number of hydrogen-bond acceptors (Lipinski definition) is 4. The molecule has 1 aliphatic rings. The molecule has 2 aromatic carbocycles. The number of anilines is 2. The second kappa shape index (κ2) is 5.46. The molecule has 4 nitrogen and oxygen atoms in total. The van der Waals surface area contributed by atoms with E-state index >= 15 is 0 Å². The highest BCUT2D eigenvalue weighted by Gasteiger charge is 2.15. The number of para-hydroxylation sites is 1. The number of benzene rings is 2. The zero-order valence-electron chi connectivity index (χ0n) is 10.7. The number of hydrogen-bond donors (Lipinski definition) is 3. The lowest BCUT2D eigenvalue weighted by Gasteiger charge is -2.17. The van der Waals surface area contributed by atoms with Crippen molar-refractivity contribution < 1.29 is 9.90 Å². The highest BCUT2D eigenvalue weighted by Crippen LogP contribution is 2.33. The first-order valence-corrected chi connectivity index (χ1v) is 7.28. The molecule has 0 spiro atoms. The Kier molecular flexibility index (Phi) is 3.52. The standard InChI is InChI=1S/C15H14N2O2S/c18-13-4-2-1-3-10(13)8-16-11-5-6-14-12(7-11)17-15(19)9-20-14/h1-7,16,18H,8-9H2,(H,17,19). The number of thioether (sulfide) groups is 1. The number of carbonyl (C=O) groups excluding carboxylic acids is 1. The van der Waals surface area contributed by atoms with Gasteiger partial charge < -0.3 is 15.7 Å². The van der Waals surface area contributed by atoms with Gasteiger partial charge in [0.1, 0.15) is 5.75 Å². The molecular weight excluding hydrogens is 272 g/mol. The summed E-state index contributed by atoms with van der Waals surface area (Å²) in [6, 6.07) is 13.1. The molecule has 0 atom stereocenters. The van der Waals surface area contributed by atoms with Crippen molar-refractivity contribution >= 4 is 29.0 Å². The molecule has 0 bridgehead atoms. The maximum absolute atomic E-state index is 11.4. The zero-order chi connectivity index (χ0) is 13.9. The molecule has 1 heterocycles. The van der Waals surface area contributed by atoms with Gasteiger partial charge in [-0.15, -0.1) is 11.8 Å². The summed E-state index contributed by atoms with van der Waals surface area (Å²) in [5, 5.41) is 15.8. The minimum absolute atomic E-state index is 0.0281. The summed E-state index contributed by atoms with van der Waals surface area (Å²) in [7, 11) is 0. The topological polar surface area (TPSA) is 61.4 Å². The van der Waals surface area contributed by atoms with E-state index in [9.17, 15) is 9.90 Å². The summed E-state index contributed by atoms with van der Waals surface area (Å²) in [6.07, 6.45) is 0. The molecule has 0 saturated heterocycles. The second-order valence-electron chi connectivity index (χ2n) is 4.53. The number of nitrogens with one attached hydrogen (secondary N) is 2. The number of phenols is 1. The minimum Gasteiger partial charge on any atom is -0.508 e. The first kappa shape index (κ1) is 12.9. The number of phenolic OH excluding ortho intramolecular Hbond substituents is 1. The van der Waals surface area contributed by atoms with Crippen LogP contribution in [0.2, 0.25) is 0 Å². The molecule has 0 saturated carbocycles. The molecule has 1 amide bonds. The average molecular weight is 286 g/mol. The average Bonchev–Trinajstić information content (AvgIpc) is 2.46. The van der Waals surface area contributed by atoms with Crippen molar-refractivity contribution in [1.29, 1.82) is 0 Å². The van der Waals surface area contributed by atoms with Crippen LogP contribution in [0.4, 0.5) is 11.4 Å². The summed E-state index contributed by atoms with van der Waals surface area (Å²) < 4.78 is 0. The summed E-state index contributed by atoms with van der Waals surface area (Å²) in [4.78, 5) is 12.5. The molecule has 0 fully saturated rings. The van der Waals surface area contributed by atoms with Gasteiger partial charge in [0.15, 0.2) is 0 Å². The van der Waals surface area contributed by atoms with E-state index in [-0.39, 0.29) is 11.7 Å². The van der Waals surface area contributed by atoms with Crippen LogP contribution < -0.4 is 10.6 Å². The summed E-state index contributed by atoms with van der Waals surface area (Å²) in [5.41, 5.74) is 2.59. The van der Waals surface area contributed by atoms with E-state index in [0.717, 1.165) is 21.8 Å². The predicted octanol–water partition coefficient (Wildman–Crippen LogP) is 3.05. The van der Waals surface area contributed by atoms with Gasteiger partial charge in [-0.1, -0.05) is 18.2 Å². The molecule has 3 N–H and O–H groups in total. The van der Waals surface area contributed by atoms with Gasteiger partial charge in [0.05, 0.1) is 11.4 Å². The fourth-order valence-electron chi connectivity index (χ4n) is 2.05. The number of aromatic hydroxyl groups is 1. The number of amides is 1.